The second-order valence-electron chi connectivity index (χ2n) is 5.50. The van der Waals surface area contributed by atoms with Crippen LogP contribution in [0.3, 0.4) is 0 Å². The third kappa shape index (κ3) is 3.32. The number of pyridine rings is 1. The Morgan fingerprint density at radius 2 is 2.05 bits per heavy atom. The number of hydrogen-bond acceptors (Lipinski definition) is 3. The van der Waals surface area contributed by atoms with E-state index in [9.17, 15) is 9.90 Å². The van der Waals surface area contributed by atoms with Crippen LogP contribution in [0.4, 0.5) is 0 Å². The van der Waals surface area contributed by atoms with Gasteiger partial charge in [0.2, 0.25) is 0 Å². The quantitative estimate of drug-likeness (QED) is 0.819. The predicted octanol–water partition coefficient (Wildman–Crippen LogP) is 2.69. The summed E-state index contributed by atoms with van der Waals surface area (Å²) in [6, 6.07) is 3.89. The highest BCUT2D eigenvalue weighted by Gasteiger charge is 2.37. The lowest BCUT2D eigenvalue weighted by atomic mass is 9.91. The third-order valence-electron chi connectivity index (χ3n) is 4.01. The zero-order valence-corrected chi connectivity index (χ0v) is 11.4. The number of carboxylic acids is 1. The van der Waals surface area contributed by atoms with Crippen LogP contribution >= 0.6 is 0 Å². The standard InChI is InChI=1S/C15H22N2O2/c1-15(14(18)19,12-7-6-10-16-11-12)17-13-8-4-2-3-5-9-13/h6-7,10-11,13,17H,2-5,8-9H2,1H3,(H,18,19). The van der Waals surface area contributed by atoms with Crippen molar-refractivity contribution in [2.75, 3.05) is 0 Å². The van der Waals surface area contributed by atoms with Crippen LogP contribution in [0.15, 0.2) is 24.5 Å². The number of rotatable bonds is 4. The summed E-state index contributed by atoms with van der Waals surface area (Å²) in [5, 5.41) is 12.9. The first kappa shape index (κ1) is 14.0. The van der Waals surface area contributed by atoms with Crippen molar-refractivity contribution in [2.45, 2.75) is 57.0 Å². The summed E-state index contributed by atoms with van der Waals surface area (Å²) in [7, 11) is 0. The normalized spacial score (nSPS) is 20.5. The van der Waals surface area contributed by atoms with Crippen molar-refractivity contribution in [3.05, 3.63) is 30.1 Å². The highest BCUT2D eigenvalue weighted by molar-refractivity contribution is 5.80. The molecule has 1 aliphatic rings. The molecule has 4 heteroatoms. The molecular formula is C15H22N2O2. The van der Waals surface area contributed by atoms with Crippen LogP contribution in [0.1, 0.15) is 51.0 Å². The lowest BCUT2D eigenvalue weighted by Crippen LogP contribution is -2.51. The molecule has 2 N–H and O–H groups in total. The van der Waals surface area contributed by atoms with Gasteiger partial charge in [-0.3, -0.25) is 10.3 Å². The number of carbonyl (C=O) groups is 1. The van der Waals surface area contributed by atoms with Crippen molar-refractivity contribution < 1.29 is 9.90 Å². The zero-order valence-electron chi connectivity index (χ0n) is 11.4. The molecule has 0 saturated heterocycles. The Labute approximate surface area is 114 Å². The Kier molecular flexibility index (Phi) is 4.53. The van der Waals surface area contributed by atoms with Gasteiger partial charge in [0.15, 0.2) is 0 Å². The van der Waals surface area contributed by atoms with Gasteiger partial charge in [-0.1, -0.05) is 31.7 Å². The molecule has 0 aromatic carbocycles. The molecule has 104 valence electrons. The highest BCUT2D eigenvalue weighted by atomic mass is 16.4. The molecule has 1 fully saturated rings. The zero-order chi connectivity index (χ0) is 13.7. The molecule has 2 rings (SSSR count). The highest BCUT2D eigenvalue weighted by Crippen LogP contribution is 2.25. The van der Waals surface area contributed by atoms with Crippen molar-refractivity contribution in [1.82, 2.24) is 10.3 Å². The Hall–Kier alpha value is -1.42. The van der Waals surface area contributed by atoms with Gasteiger partial charge in [-0.2, -0.15) is 0 Å². The summed E-state index contributed by atoms with van der Waals surface area (Å²) < 4.78 is 0. The number of hydrogen-bond donors (Lipinski definition) is 2. The van der Waals surface area contributed by atoms with E-state index in [2.05, 4.69) is 10.3 Å². The molecule has 1 unspecified atom stereocenters. The fraction of sp³-hybridized carbons (Fsp3) is 0.600. The minimum Gasteiger partial charge on any atom is -0.480 e. The smallest absolute Gasteiger partial charge is 0.328 e. The van der Waals surface area contributed by atoms with Crippen LogP contribution in [0, 0.1) is 0 Å². The fourth-order valence-corrected chi connectivity index (χ4v) is 2.76. The van der Waals surface area contributed by atoms with Gasteiger partial charge in [-0.25, -0.2) is 4.79 Å². The molecule has 19 heavy (non-hydrogen) atoms. The predicted molar refractivity (Wildman–Crippen MR) is 73.9 cm³/mol. The summed E-state index contributed by atoms with van der Waals surface area (Å²) >= 11 is 0. The lowest BCUT2D eigenvalue weighted by molar-refractivity contribution is -0.145. The topological polar surface area (TPSA) is 62.2 Å². The molecule has 0 aliphatic heterocycles. The molecule has 1 aliphatic carbocycles. The van der Waals surface area contributed by atoms with Crippen molar-refractivity contribution in [2.24, 2.45) is 0 Å². The summed E-state index contributed by atoms with van der Waals surface area (Å²) in [6.07, 6.45) is 10.3. The second-order valence-corrected chi connectivity index (χ2v) is 5.50. The van der Waals surface area contributed by atoms with Gasteiger partial charge in [-0.15, -0.1) is 0 Å². The maximum absolute atomic E-state index is 11.7. The molecule has 1 saturated carbocycles. The Balaban J connectivity index is 2.17. The van der Waals surface area contributed by atoms with Gasteiger partial charge >= 0.3 is 5.97 Å². The number of aromatic nitrogens is 1. The average molecular weight is 262 g/mol. The summed E-state index contributed by atoms with van der Waals surface area (Å²) in [6.45, 7) is 1.73. The van der Waals surface area contributed by atoms with Crippen molar-refractivity contribution in [1.29, 1.82) is 0 Å². The van der Waals surface area contributed by atoms with E-state index in [4.69, 9.17) is 0 Å². The summed E-state index contributed by atoms with van der Waals surface area (Å²) in [5.74, 6) is -0.843. The van der Waals surface area contributed by atoms with Crippen LogP contribution in [-0.4, -0.2) is 22.1 Å². The van der Waals surface area contributed by atoms with Gasteiger partial charge < -0.3 is 5.11 Å². The summed E-state index contributed by atoms with van der Waals surface area (Å²) in [4.78, 5) is 15.7. The first-order valence-electron chi connectivity index (χ1n) is 7.04. The molecule has 1 heterocycles. The number of nitrogens with one attached hydrogen (secondary N) is 1. The van der Waals surface area contributed by atoms with Gasteiger partial charge in [-0.05, 0) is 25.8 Å². The van der Waals surface area contributed by atoms with Crippen molar-refractivity contribution >= 4 is 5.97 Å². The van der Waals surface area contributed by atoms with Gasteiger partial charge in [0, 0.05) is 24.0 Å². The van der Waals surface area contributed by atoms with E-state index in [-0.39, 0.29) is 6.04 Å². The van der Waals surface area contributed by atoms with Gasteiger partial charge in [0.25, 0.3) is 0 Å². The van der Waals surface area contributed by atoms with Crippen molar-refractivity contribution in [3.63, 3.8) is 0 Å². The number of nitrogens with zero attached hydrogens (tertiary/aromatic N) is 1. The van der Waals surface area contributed by atoms with E-state index in [1.54, 1.807) is 25.4 Å². The van der Waals surface area contributed by atoms with E-state index >= 15 is 0 Å². The van der Waals surface area contributed by atoms with Crippen LogP contribution in [0.2, 0.25) is 0 Å². The molecule has 0 bridgehead atoms. The van der Waals surface area contributed by atoms with Crippen LogP contribution in [-0.2, 0) is 10.3 Å². The fourth-order valence-electron chi connectivity index (χ4n) is 2.76. The molecule has 0 amide bonds. The Morgan fingerprint density at radius 1 is 1.37 bits per heavy atom. The molecule has 0 spiro atoms. The largest absolute Gasteiger partial charge is 0.480 e. The molecule has 1 atom stereocenters. The minimum atomic E-state index is -1.05. The maximum atomic E-state index is 11.7. The Bertz CT molecular complexity index is 413. The first-order valence-corrected chi connectivity index (χ1v) is 7.04. The van der Waals surface area contributed by atoms with E-state index in [1.165, 1.54) is 25.7 Å². The number of aliphatic carboxylic acids is 1. The molecule has 1 aromatic rings. The first-order chi connectivity index (χ1) is 9.13. The van der Waals surface area contributed by atoms with Gasteiger partial charge in [0.1, 0.15) is 5.54 Å². The minimum absolute atomic E-state index is 0.281. The van der Waals surface area contributed by atoms with E-state index < -0.39 is 11.5 Å². The van der Waals surface area contributed by atoms with E-state index in [0.29, 0.717) is 5.56 Å². The molecule has 0 radical (unpaired) electrons. The molecular weight excluding hydrogens is 240 g/mol. The molecule has 1 aromatic heterocycles. The second kappa shape index (κ2) is 6.15. The lowest BCUT2D eigenvalue weighted by Gasteiger charge is -2.31. The molecule has 4 nitrogen and oxygen atoms in total. The Morgan fingerprint density at radius 3 is 2.58 bits per heavy atom. The monoisotopic (exact) mass is 262 g/mol. The van der Waals surface area contributed by atoms with Crippen LogP contribution in [0.5, 0.6) is 0 Å². The van der Waals surface area contributed by atoms with Crippen LogP contribution < -0.4 is 5.32 Å². The van der Waals surface area contributed by atoms with Crippen molar-refractivity contribution in [3.8, 4) is 0 Å². The number of carboxylic acid groups (broad SMARTS) is 1. The average Bonchev–Trinajstić information content (AvgIpc) is 2.68. The van der Waals surface area contributed by atoms with Gasteiger partial charge in [0.05, 0.1) is 0 Å². The maximum Gasteiger partial charge on any atom is 0.328 e. The third-order valence-corrected chi connectivity index (χ3v) is 4.01. The summed E-state index contributed by atoms with van der Waals surface area (Å²) in [5.41, 5.74) is -0.338. The SMILES string of the molecule is CC(NC1CCCCCC1)(C(=O)O)c1cccnc1. The van der Waals surface area contributed by atoms with E-state index in [1.807, 2.05) is 6.07 Å². The van der Waals surface area contributed by atoms with Crippen LogP contribution in [0.25, 0.3) is 0 Å². The van der Waals surface area contributed by atoms with E-state index in [0.717, 1.165) is 12.8 Å².